The van der Waals surface area contributed by atoms with Crippen molar-refractivity contribution in [3.8, 4) is 11.5 Å². The molecule has 2 N–H and O–H groups in total. The summed E-state index contributed by atoms with van der Waals surface area (Å²) >= 11 is 1.59. The average molecular weight is 365 g/mol. The molecule has 1 aromatic rings. The van der Waals surface area contributed by atoms with Gasteiger partial charge >= 0.3 is 0 Å². The fourth-order valence-electron chi connectivity index (χ4n) is 2.08. The molecule has 0 aliphatic rings. The molecule has 1 atom stereocenters. The molecular formula is C15H25ClN2O4S. The number of ether oxygens (including phenoxy) is 3. The standard InChI is InChI=1S/C15H24N2O4S.ClH/c1-17(15(18)11(16)9-19-2)8-10-6-12(20-3)13(21-4)7-14(10)22-5;/h6-7,11H,8-9,16H2,1-5H3;1H. The maximum absolute atomic E-state index is 12.2. The van der Waals surface area contributed by atoms with Gasteiger partial charge in [-0.25, -0.2) is 0 Å². The SMILES string of the molecule is COCC(N)C(=O)N(C)Cc1cc(OC)c(OC)cc1SC.Cl. The van der Waals surface area contributed by atoms with E-state index in [1.54, 1.807) is 37.9 Å². The van der Waals surface area contributed by atoms with Gasteiger partial charge in [0.15, 0.2) is 11.5 Å². The van der Waals surface area contributed by atoms with Crippen molar-refractivity contribution in [1.29, 1.82) is 0 Å². The van der Waals surface area contributed by atoms with Crippen molar-refractivity contribution in [2.24, 2.45) is 5.73 Å². The van der Waals surface area contributed by atoms with Crippen LogP contribution in [0.3, 0.4) is 0 Å². The number of methoxy groups -OCH3 is 3. The maximum Gasteiger partial charge on any atom is 0.241 e. The summed E-state index contributed by atoms with van der Waals surface area (Å²) in [4.78, 5) is 14.8. The van der Waals surface area contributed by atoms with E-state index in [-0.39, 0.29) is 24.9 Å². The van der Waals surface area contributed by atoms with Crippen LogP contribution < -0.4 is 15.2 Å². The molecule has 0 bridgehead atoms. The molecule has 0 radical (unpaired) electrons. The van der Waals surface area contributed by atoms with Crippen molar-refractivity contribution in [1.82, 2.24) is 4.90 Å². The third kappa shape index (κ3) is 5.76. The normalized spacial score (nSPS) is 11.4. The molecule has 23 heavy (non-hydrogen) atoms. The minimum atomic E-state index is -0.659. The summed E-state index contributed by atoms with van der Waals surface area (Å²) in [7, 11) is 6.43. The second-order valence-corrected chi connectivity index (χ2v) is 5.62. The van der Waals surface area contributed by atoms with Gasteiger partial charge in [0.25, 0.3) is 0 Å². The van der Waals surface area contributed by atoms with E-state index >= 15 is 0 Å². The number of benzene rings is 1. The van der Waals surface area contributed by atoms with Gasteiger partial charge in [0.2, 0.25) is 5.91 Å². The summed E-state index contributed by atoms with van der Waals surface area (Å²) in [6.45, 7) is 0.636. The summed E-state index contributed by atoms with van der Waals surface area (Å²) in [6.07, 6.45) is 1.98. The Morgan fingerprint density at radius 1 is 1.26 bits per heavy atom. The average Bonchev–Trinajstić information content (AvgIpc) is 2.53. The zero-order chi connectivity index (χ0) is 16.7. The molecule has 0 saturated heterocycles. The van der Waals surface area contributed by atoms with E-state index in [2.05, 4.69) is 0 Å². The number of amides is 1. The Labute approximate surface area is 148 Å². The predicted molar refractivity (Wildman–Crippen MR) is 94.9 cm³/mol. The number of carbonyl (C=O) groups excluding carboxylic acids is 1. The zero-order valence-electron chi connectivity index (χ0n) is 14.1. The molecule has 0 heterocycles. The van der Waals surface area contributed by atoms with Crippen LogP contribution in [-0.4, -0.2) is 58.1 Å². The van der Waals surface area contributed by atoms with Crippen molar-refractivity contribution in [2.45, 2.75) is 17.5 Å². The maximum atomic E-state index is 12.2. The molecular weight excluding hydrogens is 340 g/mol. The highest BCUT2D eigenvalue weighted by Gasteiger charge is 2.20. The van der Waals surface area contributed by atoms with Crippen LogP contribution in [0.2, 0.25) is 0 Å². The summed E-state index contributed by atoms with van der Waals surface area (Å²) in [5.74, 6) is 1.14. The lowest BCUT2D eigenvalue weighted by Crippen LogP contribution is -2.44. The molecule has 0 aromatic heterocycles. The first-order valence-corrected chi connectivity index (χ1v) is 7.99. The molecule has 1 aromatic carbocycles. The van der Waals surface area contributed by atoms with Crippen LogP contribution in [0.4, 0.5) is 0 Å². The number of thioether (sulfide) groups is 1. The van der Waals surface area contributed by atoms with E-state index in [9.17, 15) is 4.79 Å². The first-order chi connectivity index (χ1) is 10.5. The summed E-state index contributed by atoms with van der Waals surface area (Å²) in [6, 6.07) is 3.13. The van der Waals surface area contributed by atoms with Gasteiger partial charge in [-0.1, -0.05) is 0 Å². The van der Waals surface area contributed by atoms with Gasteiger partial charge in [-0.15, -0.1) is 24.2 Å². The molecule has 0 fully saturated rings. The van der Waals surface area contributed by atoms with E-state index in [4.69, 9.17) is 19.9 Å². The molecule has 1 unspecified atom stereocenters. The quantitative estimate of drug-likeness (QED) is 0.709. The highest BCUT2D eigenvalue weighted by Crippen LogP contribution is 2.35. The summed E-state index contributed by atoms with van der Waals surface area (Å²) in [5, 5.41) is 0. The second-order valence-electron chi connectivity index (χ2n) is 4.78. The Hall–Kier alpha value is -1.15. The first kappa shape index (κ1) is 21.9. The number of hydrogen-bond donors (Lipinski definition) is 1. The van der Waals surface area contributed by atoms with Crippen LogP contribution >= 0.6 is 24.2 Å². The minimum Gasteiger partial charge on any atom is -0.493 e. The molecule has 0 saturated carbocycles. The largest absolute Gasteiger partial charge is 0.493 e. The molecule has 0 aliphatic carbocycles. The fourth-order valence-corrected chi connectivity index (χ4v) is 2.69. The number of halogens is 1. The number of likely N-dealkylation sites (N-methyl/N-ethyl adjacent to an activating group) is 1. The second kappa shape index (κ2) is 10.6. The molecule has 1 amide bonds. The molecule has 0 aliphatic heterocycles. The number of carbonyl (C=O) groups is 1. The van der Waals surface area contributed by atoms with Gasteiger partial charge < -0.3 is 24.8 Å². The molecule has 6 nitrogen and oxygen atoms in total. The summed E-state index contributed by atoms with van der Waals surface area (Å²) < 4.78 is 15.5. The third-order valence-electron chi connectivity index (χ3n) is 3.23. The van der Waals surface area contributed by atoms with Gasteiger partial charge in [0.05, 0.1) is 20.8 Å². The Morgan fingerprint density at radius 2 is 1.83 bits per heavy atom. The van der Waals surface area contributed by atoms with Crippen LogP contribution in [0.25, 0.3) is 0 Å². The molecule has 132 valence electrons. The van der Waals surface area contributed by atoms with Crippen LogP contribution in [0.1, 0.15) is 5.56 Å². The van der Waals surface area contributed by atoms with E-state index < -0.39 is 6.04 Å². The Bertz CT molecular complexity index is 516. The van der Waals surface area contributed by atoms with Crippen LogP contribution in [-0.2, 0) is 16.1 Å². The van der Waals surface area contributed by atoms with Crippen LogP contribution in [0, 0.1) is 0 Å². The Kier molecular flexibility index (Phi) is 10.1. The number of rotatable bonds is 8. The lowest BCUT2D eigenvalue weighted by molar-refractivity contribution is -0.133. The smallest absolute Gasteiger partial charge is 0.241 e. The topological polar surface area (TPSA) is 74.0 Å². The van der Waals surface area contributed by atoms with Gasteiger partial charge in [0.1, 0.15) is 6.04 Å². The zero-order valence-corrected chi connectivity index (χ0v) is 15.8. The van der Waals surface area contributed by atoms with Gasteiger partial charge in [-0.05, 0) is 24.0 Å². The molecule has 8 heteroatoms. The van der Waals surface area contributed by atoms with E-state index in [0.29, 0.717) is 18.0 Å². The minimum absolute atomic E-state index is 0. The van der Waals surface area contributed by atoms with Crippen molar-refractivity contribution in [3.05, 3.63) is 17.7 Å². The van der Waals surface area contributed by atoms with Crippen molar-refractivity contribution in [3.63, 3.8) is 0 Å². The van der Waals surface area contributed by atoms with Gasteiger partial charge in [-0.2, -0.15) is 0 Å². The number of nitrogens with zero attached hydrogens (tertiary/aromatic N) is 1. The van der Waals surface area contributed by atoms with Crippen LogP contribution in [0.5, 0.6) is 11.5 Å². The monoisotopic (exact) mass is 364 g/mol. The van der Waals surface area contributed by atoms with Crippen molar-refractivity contribution < 1.29 is 19.0 Å². The van der Waals surface area contributed by atoms with Gasteiger partial charge in [0, 0.05) is 25.6 Å². The molecule has 0 spiro atoms. The third-order valence-corrected chi connectivity index (χ3v) is 4.05. The lowest BCUT2D eigenvalue weighted by atomic mass is 10.1. The van der Waals surface area contributed by atoms with E-state index in [1.165, 1.54) is 7.11 Å². The van der Waals surface area contributed by atoms with Crippen molar-refractivity contribution in [2.75, 3.05) is 41.2 Å². The number of nitrogens with two attached hydrogens (primary N) is 1. The van der Waals surface area contributed by atoms with Gasteiger partial charge in [-0.3, -0.25) is 4.79 Å². The molecule has 1 rings (SSSR count). The predicted octanol–water partition coefficient (Wildman–Crippen LogP) is 1.78. The van der Waals surface area contributed by atoms with E-state index in [1.807, 2.05) is 18.4 Å². The fraction of sp³-hybridized carbons (Fsp3) is 0.533. The first-order valence-electron chi connectivity index (χ1n) is 6.76. The lowest BCUT2D eigenvalue weighted by Gasteiger charge is -2.23. The van der Waals surface area contributed by atoms with E-state index in [0.717, 1.165) is 10.5 Å². The van der Waals surface area contributed by atoms with Crippen LogP contribution in [0.15, 0.2) is 17.0 Å². The highest BCUT2D eigenvalue weighted by atomic mass is 35.5. The Morgan fingerprint density at radius 3 is 2.30 bits per heavy atom. The Balaban J connectivity index is 0.00000484. The van der Waals surface area contributed by atoms with Crippen molar-refractivity contribution >= 4 is 30.1 Å². The summed E-state index contributed by atoms with van der Waals surface area (Å²) in [5.41, 5.74) is 6.77. The highest BCUT2D eigenvalue weighted by molar-refractivity contribution is 7.98. The number of hydrogen-bond acceptors (Lipinski definition) is 6.